The highest BCUT2D eigenvalue weighted by molar-refractivity contribution is 7.95. The van der Waals surface area contributed by atoms with Gasteiger partial charge in [0.2, 0.25) is 9.84 Å². The van der Waals surface area contributed by atoms with Crippen LogP contribution in [-0.4, -0.2) is 25.3 Å². The van der Waals surface area contributed by atoms with E-state index in [9.17, 15) is 13.7 Å². The molecule has 0 spiro atoms. The number of aromatic nitrogens is 2. The zero-order valence-corrected chi connectivity index (χ0v) is 17.3. The van der Waals surface area contributed by atoms with Crippen molar-refractivity contribution in [1.82, 2.24) is 9.78 Å². The van der Waals surface area contributed by atoms with Crippen molar-refractivity contribution < 1.29 is 13.2 Å². The predicted molar refractivity (Wildman–Crippen MR) is 111 cm³/mol. The maximum Gasteiger partial charge on any atom is 0.216 e. The second-order valence-corrected chi connectivity index (χ2v) is 8.51. The summed E-state index contributed by atoms with van der Waals surface area (Å²) in [6.07, 6.45) is 1.38. The first-order valence-corrected chi connectivity index (χ1v) is 10.4. The SMILES string of the molecule is COc1ccc(C=C(C#N)S(=O)(=O)c2ccccc2)cc1Cn1nc(C)cc1C. The Kier molecular flexibility index (Phi) is 5.85. The second kappa shape index (κ2) is 8.33. The molecule has 148 valence electrons. The fourth-order valence-electron chi connectivity index (χ4n) is 3.06. The minimum Gasteiger partial charge on any atom is -0.496 e. The van der Waals surface area contributed by atoms with Gasteiger partial charge in [0.05, 0.1) is 24.2 Å². The fraction of sp³-hybridized carbons (Fsp3) is 0.182. The Balaban J connectivity index is 2.02. The van der Waals surface area contributed by atoms with Crippen LogP contribution in [0.3, 0.4) is 0 Å². The molecule has 2 aromatic carbocycles. The lowest BCUT2D eigenvalue weighted by molar-refractivity contribution is 0.407. The maximum absolute atomic E-state index is 12.8. The van der Waals surface area contributed by atoms with E-state index in [2.05, 4.69) is 5.10 Å². The van der Waals surface area contributed by atoms with Gasteiger partial charge in [-0.2, -0.15) is 10.4 Å². The van der Waals surface area contributed by atoms with E-state index < -0.39 is 9.84 Å². The summed E-state index contributed by atoms with van der Waals surface area (Å²) in [6.45, 7) is 4.36. The van der Waals surface area contributed by atoms with Gasteiger partial charge >= 0.3 is 0 Å². The zero-order valence-electron chi connectivity index (χ0n) is 16.5. The lowest BCUT2D eigenvalue weighted by Gasteiger charge is -2.11. The summed E-state index contributed by atoms with van der Waals surface area (Å²) < 4.78 is 32.9. The normalized spacial score (nSPS) is 11.9. The zero-order chi connectivity index (χ0) is 21.0. The molecule has 3 aromatic rings. The third kappa shape index (κ3) is 4.39. The Hall–Kier alpha value is -3.37. The molecule has 0 saturated heterocycles. The number of rotatable bonds is 6. The van der Waals surface area contributed by atoms with Gasteiger partial charge in [-0.15, -0.1) is 0 Å². The summed E-state index contributed by atoms with van der Waals surface area (Å²) in [5.74, 6) is 0.666. The second-order valence-electron chi connectivity index (χ2n) is 6.59. The summed E-state index contributed by atoms with van der Waals surface area (Å²) in [6, 6.07) is 17.0. The molecule has 0 unspecified atom stereocenters. The summed E-state index contributed by atoms with van der Waals surface area (Å²) in [5.41, 5.74) is 3.35. The van der Waals surface area contributed by atoms with Crippen LogP contribution in [-0.2, 0) is 16.4 Å². The third-order valence-corrected chi connectivity index (χ3v) is 6.16. The van der Waals surface area contributed by atoms with Gasteiger partial charge in [-0.05, 0) is 55.8 Å². The van der Waals surface area contributed by atoms with Crippen LogP contribution in [0.4, 0.5) is 0 Å². The van der Waals surface area contributed by atoms with Crippen LogP contribution in [0.1, 0.15) is 22.5 Å². The summed E-state index contributed by atoms with van der Waals surface area (Å²) in [4.78, 5) is -0.227. The van der Waals surface area contributed by atoms with Gasteiger partial charge in [0.1, 0.15) is 16.7 Å². The highest BCUT2D eigenvalue weighted by Gasteiger charge is 2.20. The number of sulfone groups is 1. The molecular formula is C22H21N3O3S. The molecule has 1 aromatic heterocycles. The Morgan fingerprint density at radius 2 is 1.90 bits per heavy atom. The Morgan fingerprint density at radius 1 is 1.17 bits per heavy atom. The van der Waals surface area contributed by atoms with E-state index in [-0.39, 0.29) is 9.80 Å². The number of allylic oxidation sites excluding steroid dienone is 1. The number of methoxy groups -OCH3 is 1. The monoisotopic (exact) mass is 407 g/mol. The van der Waals surface area contributed by atoms with Gasteiger partial charge in [0.15, 0.2) is 0 Å². The van der Waals surface area contributed by atoms with E-state index in [1.165, 1.54) is 18.2 Å². The molecule has 29 heavy (non-hydrogen) atoms. The van der Waals surface area contributed by atoms with E-state index in [1.54, 1.807) is 37.4 Å². The van der Waals surface area contributed by atoms with Crippen molar-refractivity contribution in [2.24, 2.45) is 0 Å². The number of hydrogen-bond acceptors (Lipinski definition) is 5. The van der Waals surface area contributed by atoms with Crippen molar-refractivity contribution in [2.45, 2.75) is 25.3 Å². The first-order chi connectivity index (χ1) is 13.8. The summed E-state index contributed by atoms with van der Waals surface area (Å²) in [5, 5.41) is 14.0. The standard InChI is InChI=1S/C22H21N3O3S/c1-16-11-17(2)25(24-16)15-19-12-18(9-10-22(19)28-3)13-21(14-23)29(26,27)20-7-5-4-6-8-20/h4-13H,15H2,1-3H3. The molecule has 0 aliphatic heterocycles. The highest BCUT2D eigenvalue weighted by atomic mass is 32.2. The molecule has 0 aliphatic carbocycles. The van der Waals surface area contributed by atoms with Crippen LogP contribution in [0.5, 0.6) is 5.75 Å². The van der Waals surface area contributed by atoms with Gasteiger partial charge in [-0.25, -0.2) is 8.42 Å². The van der Waals surface area contributed by atoms with Gasteiger partial charge in [-0.3, -0.25) is 4.68 Å². The summed E-state index contributed by atoms with van der Waals surface area (Å²) >= 11 is 0. The van der Waals surface area contributed by atoms with Crippen molar-refractivity contribution in [3.63, 3.8) is 0 Å². The third-order valence-electron chi connectivity index (χ3n) is 4.48. The van der Waals surface area contributed by atoms with E-state index in [0.29, 0.717) is 17.9 Å². The van der Waals surface area contributed by atoms with Gasteiger partial charge in [0.25, 0.3) is 0 Å². The predicted octanol–water partition coefficient (Wildman–Crippen LogP) is 3.90. The Bertz CT molecular complexity index is 1200. The minimum absolute atomic E-state index is 0.0872. The van der Waals surface area contributed by atoms with Crippen molar-refractivity contribution >= 4 is 15.9 Å². The van der Waals surface area contributed by atoms with E-state index in [4.69, 9.17) is 4.74 Å². The van der Waals surface area contributed by atoms with Crippen LogP contribution in [0, 0.1) is 25.2 Å². The molecule has 0 amide bonds. The van der Waals surface area contributed by atoms with Crippen LogP contribution < -0.4 is 4.74 Å². The highest BCUT2D eigenvalue weighted by Crippen LogP contribution is 2.25. The van der Waals surface area contributed by atoms with Crippen LogP contribution in [0.25, 0.3) is 6.08 Å². The molecule has 6 nitrogen and oxygen atoms in total. The lowest BCUT2D eigenvalue weighted by Crippen LogP contribution is -2.06. The topological polar surface area (TPSA) is 85.0 Å². The molecule has 0 radical (unpaired) electrons. The van der Waals surface area contributed by atoms with Crippen LogP contribution >= 0.6 is 0 Å². The largest absolute Gasteiger partial charge is 0.496 e. The molecule has 0 fully saturated rings. The average Bonchev–Trinajstić information content (AvgIpc) is 3.03. The molecule has 0 saturated carbocycles. The fourth-order valence-corrected chi connectivity index (χ4v) is 4.24. The number of nitriles is 1. The number of hydrogen-bond donors (Lipinski definition) is 0. The minimum atomic E-state index is -3.89. The molecule has 0 N–H and O–H groups in total. The molecule has 0 bridgehead atoms. The number of ether oxygens (including phenoxy) is 1. The van der Waals surface area contributed by atoms with Crippen LogP contribution in [0.15, 0.2) is 64.4 Å². The van der Waals surface area contributed by atoms with Crippen molar-refractivity contribution in [2.75, 3.05) is 7.11 Å². The van der Waals surface area contributed by atoms with Gasteiger partial charge in [-0.1, -0.05) is 24.3 Å². The van der Waals surface area contributed by atoms with Crippen molar-refractivity contribution in [1.29, 1.82) is 5.26 Å². The summed E-state index contributed by atoms with van der Waals surface area (Å²) in [7, 11) is -2.31. The Labute approximate surface area is 170 Å². The first-order valence-electron chi connectivity index (χ1n) is 8.95. The van der Waals surface area contributed by atoms with E-state index >= 15 is 0 Å². The first kappa shape index (κ1) is 20.4. The molecule has 3 rings (SSSR count). The maximum atomic E-state index is 12.8. The molecule has 0 atom stereocenters. The molecule has 0 aliphatic rings. The Morgan fingerprint density at radius 3 is 2.48 bits per heavy atom. The number of aryl methyl sites for hydroxylation is 2. The molecule has 7 heteroatoms. The van der Waals surface area contributed by atoms with Gasteiger partial charge < -0.3 is 4.74 Å². The number of nitrogens with zero attached hydrogens (tertiary/aromatic N) is 3. The van der Waals surface area contributed by atoms with Crippen LogP contribution in [0.2, 0.25) is 0 Å². The number of benzene rings is 2. The molecular weight excluding hydrogens is 386 g/mol. The lowest BCUT2D eigenvalue weighted by atomic mass is 10.1. The van der Waals surface area contributed by atoms with Crippen molar-refractivity contribution in [3.8, 4) is 11.8 Å². The van der Waals surface area contributed by atoms with Crippen molar-refractivity contribution in [3.05, 3.63) is 82.0 Å². The van der Waals surface area contributed by atoms with E-state index in [1.807, 2.05) is 36.7 Å². The smallest absolute Gasteiger partial charge is 0.216 e. The average molecular weight is 407 g/mol. The quantitative estimate of drug-likeness (QED) is 0.579. The van der Waals surface area contributed by atoms with Gasteiger partial charge in [0, 0.05) is 11.3 Å². The van der Waals surface area contributed by atoms with E-state index in [0.717, 1.165) is 17.0 Å². The molecule has 1 heterocycles.